The third kappa shape index (κ3) is 6.64. The lowest BCUT2D eigenvalue weighted by atomic mass is 9.83. The average molecular weight is 548 g/mol. The number of carboxylic acids is 1. The fraction of sp³-hybridized carbons (Fsp3) is 0.679. The summed E-state index contributed by atoms with van der Waals surface area (Å²) in [6, 6.07) is 3.09. The average Bonchev–Trinajstić information content (AvgIpc) is 3.54. The normalized spacial score (nSPS) is 22.9. The lowest BCUT2D eigenvalue weighted by Crippen LogP contribution is -2.46. The van der Waals surface area contributed by atoms with Crippen LogP contribution in [0.1, 0.15) is 69.4 Å². The molecule has 2 amide bonds. The number of aliphatic hydroxyl groups excluding tert-OH is 1. The van der Waals surface area contributed by atoms with Gasteiger partial charge in [-0.25, -0.2) is 5.06 Å². The van der Waals surface area contributed by atoms with E-state index in [0.29, 0.717) is 62.7 Å². The highest BCUT2D eigenvalue weighted by Crippen LogP contribution is 2.44. The Balaban J connectivity index is 1.62. The first kappa shape index (κ1) is 29.1. The zero-order valence-electron chi connectivity index (χ0n) is 23.0. The first-order chi connectivity index (χ1) is 18.9. The van der Waals surface area contributed by atoms with Crippen molar-refractivity contribution in [2.45, 2.75) is 70.9 Å². The predicted octanol–water partition coefficient (Wildman–Crippen LogP) is 2.36. The van der Waals surface area contributed by atoms with Crippen LogP contribution in [0.25, 0.3) is 0 Å². The number of amides is 2. The molecule has 11 heteroatoms. The number of aliphatic carboxylic acids is 1. The molecule has 0 unspecified atom stereocenters. The van der Waals surface area contributed by atoms with Crippen molar-refractivity contribution in [1.82, 2.24) is 14.9 Å². The van der Waals surface area contributed by atoms with Crippen molar-refractivity contribution in [2.75, 3.05) is 46.1 Å². The Bertz CT molecular complexity index is 1030. The minimum absolute atomic E-state index is 0.0139. The number of rotatable bonds is 13. The topological polar surface area (TPSA) is 129 Å². The van der Waals surface area contributed by atoms with E-state index >= 15 is 0 Å². The van der Waals surface area contributed by atoms with Gasteiger partial charge in [0.25, 0.3) is 5.91 Å². The lowest BCUT2D eigenvalue weighted by Gasteiger charge is -2.32. The van der Waals surface area contributed by atoms with Gasteiger partial charge in [-0.15, -0.1) is 0 Å². The number of fused-ring (bicyclic) bond motifs is 1. The molecule has 0 saturated carbocycles. The molecule has 3 atom stereocenters. The summed E-state index contributed by atoms with van der Waals surface area (Å²) in [6.07, 6.45) is 4.27. The maximum atomic E-state index is 13.3. The predicted molar refractivity (Wildman–Crippen MR) is 141 cm³/mol. The summed E-state index contributed by atoms with van der Waals surface area (Å²) in [5.41, 5.74) is 1.26. The summed E-state index contributed by atoms with van der Waals surface area (Å²) in [5.74, 6) is -1.39. The Hall–Kier alpha value is -2.89. The van der Waals surface area contributed by atoms with Crippen LogP contribution >= 0.6 is 0 Å². The molecule has 39 heavy (non-hydrogen) atoms. The Morgan fingerprint density at radius 1 is 1.18 bits per heavy atom. The second-order valence-corrected chi connectivity index (χ2v) is 10.5. The molecule has 3 aliphatic rings. The van der Waals surface area contributed by atoms with E-state index in [4.69, 9.17) is 14.3 Å². The van der Waals surface area contributed by atoms with E-state index in [-0.39, 0.29) is 31.8 Å². The number of carboxylic acid groups (broad SMARTS) is 1. The molecular formula is C28H41N3O8. The monoisotopic (exact) mass is 547 g/mol. The van der Waals surface area contributed by atoms with Crippen LogP contribution in [-0.2, 0) is 25.8 Å². The number of hydroxylamine groups is 2. The van der Waals surface area contributed by atoms with Crippen LogP contribution in [-0.4, -0.2) is 95.0 Å². The Labute approximate surface area is 229 Å². The molecular weight excluding hydrogens is 506 g/mol. The summed E-state index contributed by atoms with van der Waals surface area (Å²) in [4.78, 5) is 48.0. The zero-order chi connectivity index (χ0) is 27.9. The SMILES string of the molecule is CCCON(CCC)C(=O)CN1C[C@H](c2cc(CO)c3c(c2)OCO3)[C@@H](C(=O)O)[C@@H]1CCN1CCCCC1=O. The number of benzene rings is 1. The number of piperidine rings is 1. The molecule has 3 aliphatic heterocycles. The van der Waals surface area contributed by atoms with Gasteiger partial charge in [0.15, 0.2) is 11.5 Å². The molecule has 0 aromatic heterocycles. The van der Waals surface area contributed by atoms with Gasteiger partial charge >= 0.3 is 5.97 Å². The summed E-state index contributed by atoms with van der Waals surface area (Å²) in [7, 11) is 0. The van der Waals surface area contributed by atoms with Crippen LogP contribution in [0.3, 0.4) is 0 Å². The van der Waals surface area contributed by atoms with Crippen molar-refractivity contribution in [3.8, 4) is 11.5 Å². The summed E-state index contributed by atoms with van der Waals surface area (Å²) < 4.78 is 11.1. The number of carbonyl (C=O) groups is 3. The van der Waals surface area contributed by atoms with Crippen molar-refractivity contribution in [1.29, 1.82) is 0 Å². The van der Waals surface area contributed by atoms with Gasteiger partial charge in [-0.3, -0.25) is 24.1 Å². The fourth-order valence-corrected chi connectivity index (χ4v) is 5.93. The van der Waals surface area contributed by atoms with E-state index in [1.807, 2.05) is 23.6 Å². The molecule has 216 valence electrons. The second kappa shape index (κ2) is 13.5. The number of nitrogens with zero attached hydrogens (tertiary/aromatic N) is 3. The molecule has 4 rings (SSSR count). The third-order valence-electron chi connectivity index (χ3n) is 7.81. The second-order valence-electron chi connectivity index (χ2n) is 10.5. The van der Waals surface area contributed by atoms with Crippen LogP contribution in [0, 0.1) is 5.92 Å². The number of aliphatic hydroxyl groups is 1. The van der Waals surface area contributed by atoms with Crippen molar-refractivity contribution in [3.63, 3.8) is 0 Å². The third-order valence-corrected chi connectivity index (χ3v) is 7.81. The number of ether oxygens (including phenoxy) is 2. The largest absolute Gasteiger partial charge is 0.481 e. The maximum Gasteiger partial charge on any atom is 0.308 e. The Morgan fingerprint density at radius 3 is 2.69 bits per heavy atom. The molecule has 2 fully saturated rings. The van der Waals surface area contributed by atoms with E-state index < -0.39 is 23.8 Å². The van der Waals surface area contributed by atoms with E-state index in [2.05, 4.69) is 0 Å². The first-order valence-corrected chi connectivity index (χ1v) is 14.1. The van der Waals surface area contributed by atoms with Crippen LogP contribution in [0.5, 0.6) is 11.5 Å². The molecule has 1 aromatic carbocycles. The van der Waals surface area contributed by atoms with Crippen LogP contribution in [0.15, 0.2) is 12.1 Å². The molecule has 0 aliphatic carbocycles. The van der Waals surface area contributed by atoms with Gasteiger partial charge in [0.05, 0.1) is 25.7 Å². The van der Waals surface area contributed by atoms with Crippen LogP contribution < -0.4 is 9.47 Å². The highest BCUT2D eigenvalue weighted by molar-refractivity contribution is 5.78. The summed E-state index contributed by atoms with van der Waals surface area (Å²) in [6.45, 7) is 6.05. The van der Waals surface area contributed by atoms with Crippen molar-refractivity contribution >= 4 is 17.8 Å². The van der Waals surface area contributed by atoms with E-state index in [9.17, 15) is 24.6 Å². The minimum atomic E-state index is -0.958. The van der Waals surface area contributed by atoms with Crippen molar-refractivity contribution in [3.05, 3.63) is 23.3 Å². The van der Waals surface area contributed by atoms with Gasteiger partial charge in [0.2, 0.25) is 12.7 Å². The van der Waals surface area contributed by atoms with Gasteiger partial charge in [0, 0.05) is 50.1 Å². The maximum absolute atomic E-state index is 13.3. The van der Waals surface area contributed by atoms with E-state index in [1.165, 1.54) is 5.06 Å². The fourth-order valence-electron chi connectivity index (χ4n) is 5.93. The quantitative estimate of drug-likeness (QED) is 0.358. The smallest absolute Gasteiger partial charge is 0.308 e. The highest BCUT2D eigenvalue weighted by Gasteiger charge is 2.47. The molecule has 3 heterocycles. The minimum Gasteiger partial charge on any atom is -0.481 e. The lowest BCUT2D eigenvalue weighted by molar-refractivity contribution is -0.188. The zero-order valence-corrected chi connectivity index (χ0v) is 23.0. The Kier molecular flexibility index (Phi) is 10.0. The van der Waals surface area contributed by atoms with Crippen molar-refractivity contribution in [2.24, 2.45) is 5.92 Å². The first-order valence-electron chi connectivity index (χ1n) is 14.1. The van der Waals surface area contributed by atoms with E-state index in [1.54, 1.807) is 12.1 Å². The number of carbonyl (C=O) groups excluding carboxylic acids is 2. The molecule has 2 saturated heterocycles. The highest BCUT2D eigenvalue weighted by atomic mass is 16.7. The molecule has 2 N–H and O–H groups in total. The molecule has 0 spiro atoms. The summed E-state index contributed by atoms with van der Waals surface area (Å²) >= 11 is 0. The molecule has 11 nitrogen and oxygen atoms in total. The molecule has 0 radical (unpaired) electrons. The van der Waals surface area contributed by atoms with Gasteiger partial charge in [-0.2, -0.15) is 0 Å². The van der Waals surface area contributed by atoms with Crippen LogP contribution in [0.2, 0.25) is 0 Å². The summed E-state index contributed by atoms with van der Waals surface area (Å²) in [5, 5.41) is 21.8. The van der Waals surface area contributed by atoms with Crippen LogP contribution in [0.4, 0.5) is 0 Å². The van der Waals surface area contributed by atoms with Crippen molar-refractivity contribution < 1.29 is 38.9 Å². The van der Waals surface area contributed by atoms with Gasteiger partial charge < -0.3 is 24.6 Å². The Morgan fingerprint density at radius 2 is 2.00 bits per heavy atom. The van der Waals surface area contributed by atoms with E-state index in [0.717, 1.165) is 31.2 Å². The van der Waals surface area contributed by atoms with Gasteiger partial charge in [0.1, 0.15) is 0 Å². The standard InChI is InChI=1S/C28H41N3O8/c1-3-9-31(39-12-4-2)25(34)16-30-15-21(19-13-20(17-32)27-23(14-19)37-18-38-27)26(28(35)36)22(30)8-11-29-10-6-5-7-24(29)33/h13-14,21-22,26,32H,3-12,15-18H2,1-2H3,(H,35,36)/t21-,22+,26-/m1/s1. The molecule has 1 aromatic rings. The molecule has 0 bridgehead atoms. The number of likely N-dealkylation sites (tertiary alicyclic amines) is 2. The van der Waals surface area contributed by atoms with Gasteiger partial charge in [-0.05, 0) is 49.8 Å². The number of hydrogen-bond donors (Lipinski definition) is 2. The number of hydrogen-bond acceptors (Lipinski definition) is 8. The van der Waals surface area contributed by atoms with Gasteiger partial charge in [-0.1, -0.05) is 13.8 Å².